The van der Waals surface area contributed by atoms with E-state index in [0.29, 0.717) is 28.6 Å². The number of hydrogen-bond acceptors (Lipinski definition) is 5. The van der Waals surface area contributed by atoms with E-state index in [1.807, 2.05) is 12.1 Å². The van der Waals surface area contributed by atoms with E-state index in [1.165, 1.54) is 4.80 Å². The Morgan fingerprint density at radius 2 is 1.96 bits per heavy atom. The number of rotatable bonds is 5. The van der Waals surface area contributed by atoms with Crippen LogP contribution in [0, 0.1) is 6.92 Å². The van der Waals surface area contributed by atoms with Crippen LogP contribution in [0.25, 0.3) is 5.69 Å². The van der Waals surface area contributed by atoms with Gasteiger partial charge in [0.1, 0.15) is 0 Å². The number of carbonyl (C=O) groups is 1. The van der Waals surface area contributed by atoms with E-state index in [9.17, 15) is 4.79 Å². The normalized spacial score (nSPS) is 20.9. The summed E-state index contributed by atoms with van der Waals surface area (Å²) in [5.74, 6) is -0.229. The number of hydrogen-bond donors (Lipinski definition) is 1. The average molecular weight is 406 g/mol. The quantitative estimate of drug-likeness (QED) is 0.828. The number of carbonyl (C=O) groups excluding carboxylic acids is 1. The van der Waals surface area contributed by atoms with Crippen molar-refractivity contribution in [1.29, 1.82) is 0 Å². The molecule has 28 heavy (non-hydrogen) atoms. The summed E-state index contributed by atoms with van der Waals surface area (Å²) < 4.78 is 5.82. The van der Waals surface area contributed by atoms with Gasteiger partial charge in [-0.3, -0.25) is 9.69 Å². The van der Waals surface area contributed by atoms with Crippen LogP contribution in [0.15, 0.2) is 24.3 Å². The van der Waals surface area contributed by atoms with Crippen LogP contribution < -0.4 is 5.32 Å². The van der Waals surface area contributed by atoms with Gasteiger partial charge >= 0.3 is 0 Å². The third-order valence-corrected chi connectivity index (χ3v) is 5.23. The minimum absolute atomic E-state index is 0.179. The monoisotopic (exact) mass is 405 g/mol. The van der Waals surface area contributed by atoms with Crippen molar-refractivity contribution in [3.8, 4) is 5.69 Å². The Bertz CT molecular complexity index is 841. The molecule has 0 saturated carbocycles. The number of nitrogens with one attached hydrogen (secondary N) is 1. The molecule has 7 nitrogen and oxygen atoms in total. The molecule has 0 radical (unpaired) electrons. The molecule has 152 valence electrons. The lowest BCUT2D eigenvalue weighted by Gasteiger charge is -2.45. The van der Waals surface area contributed by atoms with Crippen molar-refractivity contribution in [2.45, 2.75) is 52.4 Å². The summed E-state index contributed by atoms with van der Waals surface area (Å²) in [5, 5.41) is 12.3. The highest BCUT2D eigenvalue weighted by atomic mass is 35.5. The van der Waals surface area contributed by atoms with Gasteiger partial charge in [-0.25, -0.2) is 0 Å². The molecule has 1 amide bonds. The van der Waals surface area contributed by atoms with E-state index in [1.54, 1.807) is 19.1 Å². The van der Waals surface area contributed by atoms with Gasteiger partial charge in [0, 0.05) is 30.2 Å². The van der Waals surface area contributed by atoms with Crippen molar-refractivity contribution in [2.75, 3.05) is 19.6 Å². The Balaban J connectivity index is 1.68. The van der Waals surface area contributed by atoms with Crippen LogP contribution in [0.5, 0.6) is 0 Å². The van der Waals surface area contributed by atoms with Crippen LogP contribution >= 0.6 is 11.6 Å². The van der Waals surface area contributed by atoms with Crippen LogP contribution in [-0.4, -0.2) is 63.2 Å². The summed E-state index contributed by atoms with van der Waals surface area (Å²) in [6.45, 7) is 12.4. The van der Waals surface area contributed by atoms with Gasteiger partial charge in [0.15, 0.2) is 5.69 Å². The molecule has 8 heteroatoms. The minimum atomic E-state index is -0.229. The average Bonchev–Trinajstić information content (AvgIpc) is 3.01. The maximum absolute atomic E-state index is 12.7. The highest BCUT2D eigenvalue weighted by Gasteiger charge is 2.33. The molecular formula is C20H28ClN5O2. The highest BCUT2D eigenvalue weighted by Crippen LogP contribution is 2.21. The summed E-state index contributed by atoms with van der Waals surface area (Å²) in [7, 11) is 0. The molecular weight excluding hydrogens is 378 g/mol. The predicted molar refractivity (Wildman–Crippen MR) is 109 cm³/mol. The van der Waals surface area contributed by atoms with Gasteiger partial charge in [-0.05, 0) is 52.8 Å². The molecule has 1 N–H and O–H groups in total. The van der Waals surface area contributed by atoms with Crippen molar-refractivity contribution in [1.82, 2.24) is 25.2 Å². The van der Waals surface area contributed by atoms with Crippen LogP contribution in [0.1, 0.15) is 43.9 Å². The van der Waals surface area contributed by atoms with Crippen molar-refractivity contribution in [2.24, 2.45) is 0 Å². The molecule has 1 saturated heterocycles. The number of amides is 1. The van der Waals surface area contributed by atoms with Gasteiger partial charge in [0.05, 0.1) is 23.6 Å². The first-order chi connectivity index (χ1) is 13.2. The van der Waals surface area contributed by atoms with Crippen molar-refractivity contribution in [3.63, 3.8) is 0 Å². The smallest absolute Gasteiger partial charge is 0.273 e. The molecule has 1 aromatic carbocycles. The maximum Gasteiger partial charge on any atom is 0.273 e. The van der Waals surface area contributed by atoms with E-state index in [-0.39, 0.29) is 23.7 Å². The minimum Gasteiger partial charge on any atom is -0.373 e. The lowest BCUT2D eigenvalue weighted by atomic mass is 10.00. The lowest BCUT2D eigenvalue weighted by Crippen LogP contribution is -2.58. The molecule has 2 aromatic rings. The summed E-state index contributed by atoms with van der Waals surface area (Å²) in [4.78, 5) is 16.5. The van der Waals surface area contributed by atoms with Crippen LogP contribution in [0.4, 0.5) is 0 Å². The first-order valence-corrected chi connectivity index (χ1v) is 9.92. The number of benzene rings is 1. The van der Waals surface area contributed by atoms with E-state index in [4.69, 9.17) is 16.3 Å². The zero-order chi connectivity index (χ0) is 20.5. The standard InChI is InChI=1S/C20H28ClN5O2/c1-13-10-25(11-14(2)28-13)20(4,5)12-22-19(27)18-15(3)23-26(24-18)17-8-6-7-16(21)9-17/h6-9,13-14H,10-12H2,1-5H3,(H,22,27)/t13-,14-/m1/s1. The van der Waals surface area contributed by atoms with Crippen molar-refractivity contribution >= 4 is 17.5 Å². The molecule has 0 spiro atoms. The second-order valence-electron chi connectivity index (χ2n) is 8.06. The molecule has 2 heterocycles. The number of morpholine rings is 1. The largest absolute Gasteiger partial charge is 0.373 e. The maximum atomic E-state index is 12.7. The molecule has 1 fully saturated rings. The second kappa shape index (κ2) is 8.19. The Hall–Kier alpha value is -1.96. The van der Waals surface area contributed by atoms with Gasteiger partial charge in [-0.1, -0.05) is 17.7 Å². The zero-order valence-corrected chi connectivity index (χ0v) is 17.8. The fraction of sp³-hybridized carbons (Fsp3) is 0.550. The molecule has 0 unspecified atom stereocenters. The number of nitrogens with zero attached hydrogens (tertiary/aromatic N) is 4. The molecule has 0 aliphatic carbocycles. The second-order valence-corrected chi connectivity index (χ2v) is 8.50. The summed E-state index contributed by atoms with van der Waals surface area (Å²) in [6, 6.07) is 7.21. The van der Waals surface area contributed by atoms with Crippen molar-refractivity contribution < 1.29 is 9.53 Å². The zero-order valence-electron chi connectivity index (χ0n) is 17.1. The van der Waals surface area contributed by atoms with E-state index in [0.717, 1.165) is 13.1 Å². The summed E-state index contributed by atoms with van der Waals surface area (Å²) in [6.07, 6.45) is 0.358. The molecule has 3 rings (SSSR count). The Morgan fingerprint density at radius 3 is 2.61 bits per heavy atom. The van der Waals surface area contributed by atoms with Gasteiger partial charge in [-0.15, -0.1) is 5.10 Å². The Morgan fingerprint density at radius 1 is 1.29 bits per heavy atom. The van der Waals surface area contributed by atoms with E-state index < -0.39 is 0 Å². The fourth-order valence-electron chi connectivity index (χ4n) is 3.47. The molecule has 0 bridgehead atoms. The van der Waals surface area contributed by atoms with Gasteiger partial charge in [-0.2, -0.15) is 9.90 Å². The SMILES string of the molecule is Cc1nn(-c2cccc(Cl)c2)nc1C(=O)NCC(C)(C)N1C[C@@H](C)O[C@H](C)C1. The first kappa shape index (κ1) is 20.8. The highest BCUT2D eigenvalue weighted by molar-refractivity contribution is 6.30. The van der Waals surface area contributed by atoms with E-state index >= 15 is 0 Å². The topological polar surface area (TPSA) is 72.3 Å². The Kier molecular flexibility index (Phi) is 6.07. The number of ether oxygens (including phenoxy) is 1. The number of aryl methyl sites for hydroxylation is 1. The fourth-order valence-corrected chi connectivity index (χ4v) is 3.65. The van der Waals surface area contributed by atoms with Gasteiger partial charge in [0.2, 0.25) is 0 Å². The van der Waals surface area contributed by atoms with E-state index in [2.05, 4.69) is 48.1 Å². The first-order valence-electron chi connectivity index (χ1n) is 9.54. The predicted octanol–water partition coefficient (Wildman–Crippen LogP) is 2.85. The van der Waals surface area contributed by atoms with Gasteiger partial charge in [0.25, 0.3) is 5.91 Å². The molecule has 1 aliphatic heterocycles. The third kappa shape index (κ3) is 4.71. The lowest BCUT2D eigenvalue weighted by molar-refractivity contribution is -0.0948. The summed E-state index contributed by atoms with van der Waals surface area (Å²) in [5.41, 5.74) is 1.41. The number of halogens is 1. The summed E-state index contributed by atoms with van der Waals surface area (Å²) >= 11 is 6.04. The molecule has 1 aliphatic rings. The van der Waals surface area contributed by atoms with Crippen LogP contribution in [0.2, 0.25) is 5.02 Å². The van der Waals surface area contributed by atoms with Crippen molar-refractivity contribution in [3.05, 3.63) is 40.7 Å². The van der Waals surface area contributed by atoms with Gasteiger partial charge < -0.3 is 10.1 Å². The van der Waals surface area contributed by atoms with Crippen LogP contribution in [-0.2, 0) is 4.74 Å². The molecule has 2 atom stereocenters. The molecule has 1 aromatic heterocycles. The third-order valence-electron chi connectivity index (χ3n) is 4.99. The van der Waals surface area contributed by atoms with Crippen LogP contribution in [0.3, 0.4) is 0 Å². The Labute approximate surface area is 171 Å². The number of aromatic nitrogens is 3.